The fourth-order valence-electron chi connectivity index (χ4n) is 4.23. The first-order valence-corrected chi connectivity index (χ1v) is 13.9. The van der Waals surface area contributed by atoms with Crippen LogP contribution in [0.3, 0.4) is 0 Å². The standard InChI is InChI=1S/C26H23FN2O4S2/c27-20-8-6-18(7-9-20)14-25(30)28-26-29(23-16-35(31,32)17-24(23)34-26)21-10-12-22(13-11-21)33-15-19-4-2-1-3-5-19/h1-13,23-24H,14-17H2/t23-,24-/m0/s1. The number of aliphatic imine (C=N–C) groups is 1. The number of rotatable bonds is 6. The Morgan fingerprint density at radius 3 is 2.40 bits per heavy atom. The molecule has 0 bridgehead atoms. The van der Waals surface area contributed by atoms with E-state index >= 15 is 0 Å². The third kappa shape index (κ3) is 5.57. The van der Waals surface area contributed by atoms with Crippen molar-refractivity contribution in [3.8, 4) is 5.75 Å². The first kappa shape index (κ1) is 23.6. The molecule has 2 aliphatic heterocycles. The lowest BCUT2D eigenvalue weighted by Crippen LogP contribution is -2.37. The van der Waals surface area contributed by atoms with E-state index in [1.165, 1.54) is 23.9 Å². The molecular formula is C26H23FN2O4S2. The van der Waals surface area contributed by atoms with E-state index in [4.69, 9.17) is 4.74 Å². The minimum Gasteiger partial charge on any atom is -0.489 e. The number of carbonyl (C=O) groups excluding carboxylic acids is 1. The summed E-state index contributed by atoms with van der Waals surface area (Å²) in [6, 6.07) is 22.7. The second-order valence-electron chi connectivity index (χ2n) is 8.53. The SMILES string of the molecule is O=C(Cc1ccc(F)cc1)N=C1S[C@H]2CS(=O)(=O)C[C@@H]2N1c1ccc(OCc2ccccc2)cc1. The smallest absolute Gasteiger partial charge is 0.252 e. The van der Waals surface area contributed by atoms with Gasteiger partial charge in [-0.1, -0.05) is 54.2 Å². The molecule has 0 N–H and O–H groups in total. The summed E-state index contributed by atoms with van der Waals surface area (Å²) in [6.45, 7) is 0.438. The van der Waals surface area contributed by atoms with Crippen LogP contribution in [0.15, 0.2) is 83.9 Å². The Bertz CT molecular complexity index is 1340. The molecule has 180 valence electrons. The van der Waals surface area contributed by atoms with Gasteiger partial charge in [0.1, 0.15) is 18.2 Å². The lowest BCUT2D eigenvalue weighted by Gasteiger charge is -2.24. The van der Waals surface area contributed by atoms with Crippen molar-refractivity contribution in [3.05, 3.63) is 95.8 Å². The maximum atomic E-state index is 13.2. The molecule has 6 nitrogen and oxygen atoms in total. The molecule has 0 radical (unpaired) electrons. The van der Waals surface area contributed by atoms with Crippen molar-refractivity contribution < 1.29 is 22.3 Å². The Hall–Kier alpha value is -3.17. The molecule has 2 atom stereocenters. The van der Waals surface area contributed by atoms with Gasteiger partial charge in [0.2, 0.25) is 0 Å². The number of amidine groups is 1. The number of sulfone groups is 1. The molecule has 2 fully saturated rings. The van der Waals surface area contributed by atoms with Crippen LogP contribution in [0.4, 0.5) is 10.1 Å². The zero-order valence-corrected chi connectivity index (χ0v) is 20.3. The molecule has 3 aromatic rings. The number of benzene rings is 3. The van der Waals surface area contributed by atoms with Gasteiger partial charge in [-0.3, -0.25) is 4.79 Å². The molecule has 5 rings (SSSR count). The zero-order valence-electron chi connectivity index (χ0n) is 18.7. The lowest BCUT2D eigenvalue weighted by atomic mass is 10.1. The number of fused-ring (bicyclic) bond motifs is 1. The van der Waals surface area contributed by atoms with Gasteiger partial charge in [0.25, 0.3) is 5.91 Å². The Morgan fingerprint density at radius 2 is 1.69 bits per heavy atom. The van der Waals surface area contributed by atoms with Crippen molar-refractivity contribution in [3.63, 3.8) is 0 Å². The second kappa shape index (κ2) is 9.83. The molecule has 3 aromatic carbocycles. The second-order valence-corrected chi connectivity index (χ2v) is 11.9. The highest BCUT2D eigenvalue weighted by molar-refractivity contribution is 8.16. The van der Waals surface area contributed by atoms with E-state index in [0.717, 1.165) is 11.3 Å². The van der Waals surface area contributed by atoms with E-state index in [1.807, 2.05) is 59.5 Å². The van der Waals surface area contributed by atoms with Crippen molar-refractivity contribution in [2.45, 2.75) is 24.3 Å². The van der Waals surface area contributed by atoms with Crippen molar-refractivity contribution in [1.29, 1.82) is 0 Å². The van der Waals surface area contributed by atoms with Crippen LogP contribution in [0, 0.1) is 5.82 Å². The molecule has 2 aliphatic rings. The normalized spacial score (nSPS) is 21.7. The Kier molecular flexibility index (Phi) is 6.62. The van der Waals surface area contributed by atoms with Gasteiger partial charge in [0, 0.05) is 10.9 Å². The number of hydrogen-bond donors (Lipinski definition) is 0. The summed E-state index contributed by atoms with van der Waals surface area (Å²) in [4.78, 5) is 18.9. The summed E-state index contributed by atoms with van der Waals surface area (Å²) in [6.07, 6.45) is 0.0398. The molecule has 0 spiro atoms. The predicted molar refractivity (Wildman–Crippen MR) is 136 cm³/mol. The van der Waals surface area contributed by atoms with Crippen LogP contribution in [0.5, 0.6) is 5.75 Å². The summed E-state index contributed by atoms with van der Waals surface area (Å²) in [5.74, 6) is 0.0284. The minimum absolute atomic E-state index is 0.0160. The highest BCUT2D eigenvalue weighted by atomic mass is 32.2. The first-order chi connectivity index (χ1) is 16.9. The third-order valence-electron chi connectivity index (χ3n) is 5.92. The average molecular weight is 511 g/mol. The van der Waals surface area contributed by atoms with E-state index in [0.29, 0.717) is 23.1 Å². The summed E-state index contributed by atoms with van der Waals surface area (Å²) in [7, 11) is -3.16. The third-order valence-corrected chi connectivity index (χ3v) is 9.13. The lowest BCUT2D eigenvalue weighted by molar-refractivity contribution is -0.117. The number of amides is 1. The van der Waals surface area contributed by atoms with Gasteiger partial charge < -0.3 is 9.64 Å². The highest BCUT2D eigenvalue weighted by Gasteiger charge is 2.49. The Labute approximate surface area is 207 Å². The molecule has 1 amide bonds. The Morgan fingerprint density at radius 1 is 0.971 bits per heavy atom. The molecule has 0 aliphatic carbocycles. The number of hydrogen-bond acceptors (Lipinski definition) is 5. The van der Waals surface area contributed by atoms with E-state index in [-0.39, 0.29) is 40.9 Å². The molecule has 2 heterocycles. The summed E-state index contributed by atoms with van der Waals surface area (Å²) < 4.78 is 43.6. The highest BCUT2D eigenvalue weighted by Crippen LogP contribution is 2.41. The fraction of sp³-hybridized carbons (Fsp3) is 0.231. The summed E-state index contributed by atoms with van der Waals surface area (Å²) in [5, 5.41) is 0.298. The molecule has 0 aromatic heterocycles. The summed E-state index contributed by atoms with van der Waals surface area (Å²) >= 11 is 1.32. The average Bonchev–Trinajstić information content (AvgIpc) is 3.30. The Balaban J connectivity index is 1.35. The molecule has 0 saturated carbocycles. The van der Waals surface area contributed by atoms with Crippen LogP contribution in [-0.2, 0) is 27.7 Å². The fourth-order valence-corrected chi connectivity index (χ4v) is 8.16. The maximum Gasteiger partial charge on any atom is 0.252 e. The van der Waals surface area contributed by atoms with Gasteiger partial charge >= 0.3 is 0 Å². The number of halogens is 1. The van der Waals surface area contributed by atoms with Gasteiger partial charge in [0.05, 0.1) is 24.0 Å². The summed E-state index contributed by atoms with van der Waals surface area (Å²) in [5.41, 5.74) is 2.47. The quantitative estimate of drug-likeness (QED) is 0.494. The van der Waals surface area contributed by atoms with Gasteiger partial charge in [-0.25, -0.2) is 12.8 Å². The number of anilines is 1. The van der Waals surface area contributed by atoms with Crippen molar-refractivity contribution in [2.75, 3.05) is 16.4 Å². The molecule has 35 heavy (non-hydrogen) atoms. The monoisotopic (exact) mass is 510 g/mol. The van der Waals surface area contributed by atoms with E-state index < -0.39 is 9.84 Å². The van der Waals surface area contributed by atoms with Crippen LogP contribution in [0.2, 0.25) is 0 Å². The minimum atomic E-state index is -3.16. The van der Waals surface area contributed by atoms with Crippen LogP contribution >= 0.6 is 11.8 Å². The van der Waals surface area contributed by atoms with Crippen LogP contribution in [0.1, 0.15) is 11.1 Å². The van der Waals surface area contributed by atoms with Crippen molar-refractivity contribution in [1.82, 2.24) is 0 Å². The van der Waals surface area contributed by atoms with Crippen LogP contribution < -0.4 is 9.64 Å². The largest absolute Gasteiger partial charge is 0.489 e. The molecular weight excluding hydrogens is 487 g/mol. The van der Waals surface area contributed by atoms with Gasteiger partial charge in [-0.05, 0) is 47.5 Å². The van der Waals surface area contributed by atoms with Gasteiger partial charge in [-0.2, -0.15) is 4.99 Å². The van der Waals surface area contributed by atoms with Crippen LogP contribution in [-0.4, -0.2) is 42.3 Å². The van der Waals surface area contributed by atoms with Crippen molar-refractivity contribution >= 4 is 38.4 Å². The first-order valence-electron chi connectivity index (χ1n) is 11.2. The van der Waals surface area contributed by atoms with E-state index in [1.54, 1.807) is 12.1 Å². The number of thioether (sulfide) groups is 1. The van der Waals surface area contributed by atoms with Gasteiger partial charge in [0.15, 0.2) is 15.0 Å². The topological polar surface area (TPSA) is 76.0 Å². The molecule has 2 saturated heterocycles. The van der Waals surface area contributed by atoms with Crippen molar-refractivity contribution in [2.24, 2.45) is 4.99 Å². The maximum absolute atomic E-state index is 13.2. The van der Waals surface area contributed by atoms with E-state index in [2.05, 4.69) is 4.99 Å². The number of ether oxygens (including phenoxy) is 1. The zero-order chi connectivity index (χ0) is 24.4. The molecule has 9 heteroatoms. The predicted octanol–water partition coefficient (Wildman–Crippen LogP) is 4.25. The van der Waals surface area contributed by atoms with Gasteiger partial charge in [-0.15, -0.1) is 0 Å². The van der Waals surface area contributed by atoms with E-state index in [9.17, 15) is 17.6 Å². The number of carbonyl (C=O) groups is 1. The number of nitrogens with zero attached hydrogens (tertiary/aromatic N) is 2. The molecule has 0 unspecified atom stereocenters. The van der Waals surface area contributed by atoms with Crippen LogP contribution in [0.25, 0.3) is 0 Å².